The second-order valence-corrected chi connectivity index (χ2v) is 5.40. The van der Waals surface area contributed by atoms with Crippen LogP contribution in [-0.2, 0) is 0 Å². The fourth-order valence-corrected chi connectivity index (χ4v) is 2.77. The fourth-order valence-electron chi connectivity index (χ4n) is 2.77. The SMILES string of the molecule is COc1ccccc1C(O)CN1CCCC(C(F)(F)F)C1. The van der Waals surface area contributed by atoms with E-state index in [9.17, 15) is 18.3 Å². The summed E-state index contributed by atoms with van der Waals surface area (Å²) in [4.78, 5) is 1.68. The third kappa shape index (κ3) is 4.11. The Kier molecular flexibility index (Phi) is 5.11. The lowest BCUT2D eigenvalue weighted by molar-refractivity contribution is -0.187. The van der Waals surface area contributed by atoms with Gasteiger partial charge in [-0.15, -0.1) is 0 Å². The maximum absolute atomic E-state index is 12.8. The molecule has 1 fully saturated rings. The molecule has 1 aromatic carbocycles. The van der Waals surface area contributed by atoms with E-state index in [1.54, 1.807) is 29.2 Å². The molecule has 0 aromatic heterocycles. The number of β-amino-alcohol motifs (C(OH)–C–C–N with tert-alkyl or cyclic N) is 1. The number of aliphatic hydroxyl groups excluding tert-OH is 1. The summed E-state index contributed by atoms with van der Waals surface area (Å²) in [6.07, 6.45) is -4.34. The number of para-hydroxylation sites is 1. The second kappa shape index (κ2) is 6.66. The molecule has 2 unspecified atom stereocenters. The largest absolute Gasteiger partial charge is 0.496 e. The first-order chi connectivity index (χ1) is 9.91. The van der Waals surface area contributed by atoms with Gasteiger partial charge >= 0.3 is 6.18 Å². The van der Waals surface area contributed by atoms with E-state index in [1.807, 2.05) is 0 Å². The predicted molar refractivity (Wildman–Crippen MR) is 73.2 cm³/mol. The van der Waals surface area contributed by atoms with Gasteiger partial charge in [0.25, 0.3) is 0 Å². The Hall–Kier alpha value is -1.27. The standard InChI is InChI=1S/C15H20F3NO2/c1-21-14-7-3-2-6-12(14)13(20)10-19-8-4-5-11(9-19)15(16,17)18/h2-3,6-7,11,13,20H,4-5,8-10H2,1H3. The molecule has 1 aliphatic heterocycles. The molecule has 1 saturated heterocycles. The van der Waals surface area contributed by atoms with Crippen LogP contribution >= 0.6 is 0 Å². The van der Waals surface area contributed by atoms with Gasteiger partial charge < -0.3 is 9.84 Å². The summed E-state index contributed by atoms with van der Waals surface area (Å²) in [6.45, 7) is 0.724. The Balaban J connectivity index is 2.00. The first-order valence-corrected chi connectivity index (χ1v) is 7.02. The van der Waals surface area contributed by atoms with Crippen molar-refractivity contribution in [2.45, 2.75) is 25.1 Å². The Morgan fingerprint density at radius 2 is 2.10 bits per heavy atom. The van der Waals surface area contributed by atoms with Gasteiger partial charge in [-0.2, -0.15) is 13.2 Å². The zero-order valence-corrected chi connectivity index (χ0v) is 11.9. The van der Waals surface area contributed by atoms with Gasteiger partial charge in [-0.25, -0.2) is 0 Å². The van der Waals surface area contributed by atoms with E-state index in [-0.39, 0.29) is 19.5 Å². The minimum Gasteiger partial charge on any atom is -0.496 e. The summed E-state index contributed by atoms with van der Waals surface area (Å²) in [6, 6.07) is 7.02. The number of ether oxygens (including phenoxy) is 1. The van der Waals surface area contributed by atoms with Crippen molar-refractivity contribution in [3.05, 3.63) is 29.8 Å². The number of piperidine rings is 1. The van der Waals surface area contributed by atoms with Crippen LogP contribution < -0.4 is 4.74 Å². The van der Waals surface area contributed by atoms with Crippen molar-refractivity contribution in [3.8, 4) is 5.75 Å². The molecule has 2 rings (SSSR count). The van der Waals surface area contributed by atoms with Crippen LogP contribution in [0.3, 0.4) is 0 Å². The zero-order chi connectivity index (χ0) is 15.5. The molecule has 0 spiro atoms. The predicted octanol–water partition coefficient (Wildman–Crippen LogP) is 3.00. The molecule has 2 atom stereocenters. The molecule has 0 amide bonds. The monoisotopic (exact) mass is 303 g/mol. The molecule has 3 nitrogen and oxygen atoms in total. The average Bonchev–Trinajstić information content (AvgIpc) is 2.46. The summed E-state index contributed by atoms with van der Waals surface area (Å²) < 4.78 is 43.5. The van der Waals surface area contributed by atoms with Crippen molar-refractivity contribution >= 4 is 0 Å². The molecule has 1 N–H and O–H groups in total. The molecule has 1 aliphatic rings. The fraction of sp³-hybridized carbons (Fsp3) is 0.600. The minimum absolute atomic E-state index is 0.0459. The number of nitrogens with zero attached hydrogens (tertiary/aromatic N) is 1. The summed E-state index contributed by atoms with van der Waals surface area (Å²) in [7, 11) is 1.51. The second-order valence-electron chi connectivity index (χ2n) is 5.40. The van der Waals surface area contributed by atoms with E-state index in [4.69, 9.17) is 4.74 Å². The van der Waals surface area contributed by atoms with E-state index >= 15 is 0 Å². The topological polar surface area (TPSA) is 32.7 Å². The smallest absolute Gasteiger partial charge is 0.393 e. The van der Waals surface area contributed by atoms with E-state index in [1.165, 1.54) is 7.11 Å². The van der Waals surface area contributed by atoms with Crippen molar-refractivity contribution in [2.75, 3.05) is 26.7 Å². The van der Waals surface area contributed by atoms with Gasteiger partial charge in [0.2, 0.25) is 0 Å². The molecule has 0 aliphatic carbocycles. The van der Waals surface area contributed by atoms with Gasteiger partial charge in [-0.1, -0.05) is 18.2 Å². The van der Waals surface area contributed by atoms with Crippen molar-refractivity contribution in [2.24, 2.45) is 5.92 Å². The molecular formula is C15H20F3NO2. The molecule has 118 valence electrons. The van der Waals surface area contributed by atoms with Crippen LogP contribution in [0.15, 0.2) is 24.3 Å². The molecule has 1 aromatic rings. The molecule has 21 heavy (non-hydrogen) atoms. The van der Waals surface area contributed by atoms with Crippen LogP contribution in [0.5, 0.6) is 5.75 Å². The normalized spacial score (nSPS) is 22.0. The third-order valence-electron chi connectivity index (χ3n) is 3.90. The lowest BCUT2D eigenvalue weighted by atomic mass is 9.96. The molecule has 6 heteroatoms. The zero-order valence-electron chi connectivity index (χ0n) is 11.9. The van der Waals surface area contributed by atoms with E-state index in [0.29, 0.717) is 24.3 Å². The summed E-state index contributed by atoms with van der Waals surface area (Å²) in [5.74, 6) is -0.745. The highest BCUT2D eigenvalue weighted by Crippen LogP contribution is 2.34. The maximum atomic E-state index is 12.8. The van der Waals surface area contributed by atoms with E-state index in [0.717, 1.165) is 0 Å². The molecule has 0 radical (unpaired) electrons. The molecule has 0 saturated carbocycles. The van der Waals surface area contributed by atoms with Crippen molar-refractivity contribution in [1.29, 1.82) is 0 Å². The lowest BCUT2D eigenvalue weighted by Crippen LogP contribution is -2.43. The van der Waals surface area contributed by atoms with Gasteiger partial charge in [0.1, 0.15) is 5.75 Å². The first-order valence-electron chi connectivity index (χ1n) is 7.02. The number of alkyl halides is 3. The number of hydrogen-bond donors (Lipinski definition) is 1. The summed E-state index contributed by atoms with van der Waals surface area (Å²) >= 11 is 0. The van der Waals surface area contributed by atoms with Crippen LogP contribution in [-0.4, -0.2) is 42.9 Å². The van der Waals surface area contributed by atoms with Gasteiger partial charge in [-0.3, -0.25) is 4.90 Å². The summed E-state index contributed by atoms with van der Waals surface area (Å²) in [5.41, 5.74) is 0.606. The number of rotatable bonds is 4. The van der Waals surface area contributed by atoms with Crippen molar-refractivity contribution in [1.82, 2.24) is 4.90 Å². The molecule has 1 heterocycles. The number of benzene rings is 1. The van der Waals surface area contributed by atoms with Crippen LogP contribution in [0, 0.1) is 5.92 Å². The number of methoxy groups -OCH3 is 1. The Morgan fingerprint density at radius 3 is 2.76 bits per heavy atom. The number of hydrogen-bond acceptors (Lipinski definition) is 3. The van der Waals surface area contributed by atoms with E-state index < -0.39 is 18.2 Å². The maximum Gasteiger partial charge on any atom is 0.393 e. The molecule has 0 bridgehead atoms. The highest BCUT2D eigenvalue weighted by Gasteiger charge is 2.41. The van der Waals surface area contributed by atoms with Crippen LogP contribution in [0.1, 0.15) is 24.5 Å². The Morgan fingerprint density at radius 1 is 1.38 bits per heavy atom. The van der Waals surface area contributed by atoms with Crippen molar-refractivity contribution in [3.63, 3.8) is 0 Å². The van der Waals surface area contributed by atoms with Gasteiger partial charge in [0, 0.05) is 18.7 Å². The van der Waals surface area contributed by atoms with Gasteiger partial charge in [0.15, 0.2) is 0 Å². The molecular weight excluding hydrogens is 283 g/mol. The number of likely N-dealkylation sites (tertiary alicyclic amines) is 1. The number of aliphatic hydroxyl groups is 1. The lowest BCUT2D eigenvalue weighted by Gasteiger charge is -2.34. The third-order valence-corrected chi connectivity index (χ3v) is 3.90. The quantitative estimate of drug-likeness (QED) is 0.928. The van der Waals surface area contributed by atoms with Crippen LogP contribution in [0.2, 0.25) is 0 Å². The highest BCUT2D eigenvalue weighted by atomic mass is 19.4. The van der Waals surface area contributed by atoms with Gasteiger partial charge in [0.05, 0.1) is 19.1 Å². The van der Waals surface area contributed by atoms with Crippen LogP contribution in [0.25, 0.3) is 0 Å². The highest BCUT2D eigenvalue weighted by molar-refractivity contribution is 5.35. The number of halogens is 3. The Labute approximate surface area is 122 Å². The van der Waals surface area contributed by atoms with Crippen molar-refractivity contribution < 1.29 is 23.0 Å². The first kappa shape index (κ1) is 16.1. The van der Waals surface area contributed by atoms with E-state index in [2.05, 4.69) is 0 Å². The minimum atomic E-state index is -4.16. The van der Waals surface area contributed by atoms with Crippen LogP contribution in [0.4, 0.5) is 13.2 Å². The Bertz CT molecular complexity index is 464. The summed E-state index contributed by atoms with van der Waals surface area (Å²) in [5, 5.41) is 10.3. The average molecular weight is 303 g/mol. The van der Waals surface area contributed by atoms with Gasteiger partial charge in [-0.05, 0) is 25.5 Å².